The number of halogens is 1. The van der Waals surface area contributed by atoms with Crippen LogP contribution in [0, 0.1) is 0 Å². The molecule has 11 nitrogen and oxygen atoms in total. The lowest BCUT2D eigenvalue weighted by molar-refractivity contribution is 0.262. The minimum Gasteiger partial charge on any atom is -0.495 e. The van der Waals surface area contributed by atoms with Gasteiger partial charge < -0.3 is 20.1 Å². The van der Waals surface area contributed by atoms with E-state index in [0.717, 1.165) is 22.0 Å². The highest BCUT2D eigenvalue weighted by atomic mass is 35.5. The number of amides is 2. The lowest BCUT2D eigenvalue weighted by Gasteiger charge is -2.15. The first-order chi connectivity index (χ1) is 22.7. The number of ether oxygens (including phenoxy) is 2. The normalized spacial score (nSPS) is 11.3. The standard InChI is InChI=1S/C35H33ClN8O3/c1-35(2,3)30-19-33(44(43-30)23-9-11-29(46-4)26(36)18-23)42-34(45)40-27-10-12-28(25-8-6-5-7-24(25)27)47-21-22-13-14-38-31(17-22)41-32-20-37-15-16-39-32/h5-20H,21H2,1-4H3,(H,38,39,41)(H2,40,42,45). The van der Waals surface area contributed by atoms with Gasteiger partial charge in [0.25, 0.3) is 0 Å². The number of carbonyl (C=O) groups is 1. The zero-order valence-electron chi connectivity index (χ0n) is 26.3. The average Bonchev–Trinajstić information content (AvgIpc) is 3.49. The van der Waals surface area contributed by atoms with Crippen LogP contribution >= 0.6 is 11.6 Å². The van der Waals surface area contributed by atoms with Crippen LogP contribution in [0.3, 0.4) is 0 Å². The fourth-order valence-corrected chi connectivity index (χ4v) is 5.14. The largest absolute Gasteiger partial charge is 0.495 e. The first kappa shape index (κ1) is 31.3. The minimum atomic E-state index is -0.426. The molecule has 0 radical (unpaired) electrons. The van der Waals surface area contributed by atoms with E-state index < -0.39 is 6.03 Å². The van der Waals surface area contributed by atoms with Crippen LogP contribution in [-0.2, 0) is 12.0 Å². The van der Waals surface area contributed by atoms with Crippen molar-refractivity contribution in [3.05, 3.63) is 114 Å². The molecule has 6 rings (SSSR count). The van der Waals surface area contributed by atoms with Crippen molar-refractivity contribution >= 4 is 51.5 Å². The van der Waals surface area contributed by atoms with Gasteiger partial charge in [-0.05, 0) is 48.0 Å². The summed E-state index contributed by atoms with van der Waals surface area (Å²) in [6.45, 7) is 6.49. The van der Waals surface area contributed by atoms with Crippen molar-refractivity contribution in [2.24, 2.45) is 0 Å². The van der Waals surface area contributed by atoms with Crippen LogP contribution in [0.2, 0.25) is 5.02 Å². The minimum absolute atomic E-state index is 0.259. The summed E-state index contributed by atoms with van der Waals surface area (Å²) in [6, 6.07) is 22.0. The van der Waals surface area contributed by atoms with Gasteiger partial charge in [0.15, 0.2) is 0 Å². The number of methoxy groups -OCH3 is 1. The molecular weight excluding hydrogens is 616 g/mol. The Morgan fingerprint density at radius 2 is 1.66 bits per heavy atom. The lowest BCUT2D eigenvalue weighted by atomic mass is 9.92. The number of nitrogens with one attached hydrogen (secondary N) is 3. The number of anilines is 4. The Bertz CT molecular complexity index is 2040. The second-order valence-electron chi connectivity index (χ2n) is 11.7. The Morgan fingerprint density at radius 3 is 2.40 bits per heavy atom. The van der Waals surface area contributed by atoms with Crippen LogP contribution in [0.4, 0.5) is 27.9 Å². The third-order valence-corrected chi connectivity index (χ3v) is 7.56. The molecule has 3 aromatic carbocycles. The highest BCUT2D eigenvalue weighted by molar-refractivity contribution is 6.32. The van der Waals surface area contributed by atoms with Crippen LogP contribution in [0.1, 0.15) is 32.0 Å². The van der Waals surface area contributed by atoms with Gasteiger partial charge in [-0.25, -0.2) is 19.4 Å². The summed E-state index contributed by atoms with van der Waals surface area (Å²) in [7, 11) is 1.56. The summed E-state index contributed by atoms with van der Waals surface area (Å²) in [6.07, 6.45) is 6.56. The summed E-state index contributed by atoms with van der Waals surface area (Å²) in [5.41, 5.74) is 2.77. The van der Waals surface area contributed by atoms with E-state index in [-0.39, 0.29) is 5.41 Å². The van der Waals surface area contributed by atoms with Crippen molar-refractivity contribution in [2.45, 2.75) is 32.8 Å². The fourth-order valence-electron chi connectivity index (χ4n) is 4.89. The monoisotopic (exact) mass is 648 g/mol. The molecule has 0 spiro atoms. The Kier molecular flexibility index (Phi) is 8.90. The molecule has 0 saturated heterocycles. The van der Waals surface area contributed by atoms with Crippen molar-refractivity contribution in [1.29, 1.82) is 0 Å². The van der Waals surface area contributed by atoms with E-state index in [9.17, 15) is 4.79 Å². The number of fused-ring (bicyclic) bond motifs is 1. The van der Waals surface area contributed by atoms with Crippen LogP contribution in [0.25, 0.3) is 16.5 Å². The second-order valence-corrected chi connectivity index (χ2v) is 12.1. The number of aromatic nitrogens is 5. The maximum absolute atomic E-state index is 13.4. The number of hydrogen-bond acceptors (Lipinski definition) is 8. The first-order valence-corrected chi connectivity index (χ1v) is 15.2. The predicted molar refractivity (Wildman–Crippen MR) is 184 cm³/mol. The zero-order valence-corrected chi connectivity index (χ0v) is 27.0. The van der Waals surface area contributed by atoms with Gasteiger partial charge in [-0.3, -0.25) is 10.3 Å². The lowest BCUT2D eigenvalue weighted by Crippen LogP contribution is -2.21. The summed E-state index contributed by atoms with van der Waals surface area (Å²) in [5, 5.41) is 16.0. The molecule has 12 heteroatoms. The molecule has 0 aliphatic rings. The number of carbonyl (C=O) groups excluding carboxylic acids is 1. The number of benzene rings is 3. The van der Waals surface area contributed by atoms with E-state index in [1.165, 1.54) is 0 Å². The van der Waals surface area contributed by atoms with Crippen LogP contribution in [0.15, 0.2) is 97.6 Å². The fraction of sp³-hybridized carbons (Fsp3) is 0.171. The van der Waals surface area contributed by atoms with Crippen molar-refractivity contribution in [3.63, 3.8) is 0 Å². The molecule has 3 heterocycles. The topological polar surface area (TPSA) is 128 Å². The van der Waals surface area contributed by atoms with Gasteiger partial charge in [-0.15, -0.1) is 0 Å². The quantitative estimate of drug-likeness (QED) is 0.143. The Labute approximate surface area is 277 Å². The molecule has 0 aliphatic carbocycles. The molecule has 47 heavy (non-hydrogen) atoms. The SMILES string of the molecule is COc1ccc(-n2nc(C(C)(C)C)cc2NC(=O)Nc2ccc(OCc3ccnc(Nc4cnccn4)c3)c3ccccc23)cc1Cl. The summed E-state index contributed by atoms with van der Waals surface area (Å²) in [5.74, 6) is 2.94. The molecule has 0 bridgehead atoms. The molecule has 6 aromatic rings. The molecule has 238 valence electrons. The third-order valence-electron chi connectivity index (χ3n) is 7.27. The van der Waals surface area contributed by atoms with E-state index in [1.54, 1.807) is 48.7 Å². The second kappa shape index (κ2) is 13.4. The number of nitrogens with zero attached hydrogens (tertiary/aromatic N) is 5. The average molecular weight is 649 g/mol. The molecular formula is C35H33ClN8O3. The molecule has 2 amide bonds. The Hall–Kier alpha value is -5.68. The highest BCUT2D eigenvalue weighted by Gasteiger charge is 2.22. The van der Waals surface area contributed by atoms with Crippen LogP contribution < -0.4 is 25.4 Å². The van der Waals surface area contributed by atoms with E-state index in [0.29, 0.717) is 52.0 Å². The summed E-state index contributed by atoms with van der Waals surface area (Å²) in [4.78, 5) is 26.1. The molecule has 0 saturated carbocycles. The Balaban J connectivity index is 1.20. The van der Waals surface area contributed by atoms with E-state index >= 15 is 0 Å². The van der Waals surface area contributed by atoms with Gasteiger partial charge in [0.1, 0.15) is 35.6 Å². The highest BCUT2D eigenvalue weighted by Crippen LogP contribution is 2.34. The van der Waals surface area contributed by atoms with Crippen molar-refractivity contribution < 1.29 is 14.3 Å². The van der Waals surface area contributed by atoms with Crippen molar-refractivity contribution in [2.75, 3.05) is 23.1 Å². The maximum atomic E-state index is 13.4. The zero-order chi connectivity index (χ0) is 33.0. The van der Waals surface area contributed by atoms with Gasteiger partial charge in [-0.2, -0.15) is 5.10 Å². The summed E-state index contributed by atoms with van der Waals surface area (Å²) >= 11 is 6.42. The summed E-state index contributed by atoms with van der Waals surface area (Å²) < 4.78 is 13.2. The van der Waals surface area contributed by atoms with Gasteiger partial charge in [-0.1, -0.05) is 56.6 Å². The smallest absolute Gasteiger partial charge is 0.324 e. The molecule has 0 unspecified atom stereocenters. The number of hydrogen-bond donors (Lipinski definition) is 3. The van der Waals surface area contributed by atoms with Gasteiger partial charge in [0, 0.05) is 40.8 Å². The van der Waals surface area contributed by atoms with Gasteiger partial charge in [0.2, 0.25) is 0 Å². The Morgan fingerprint density at radius 1 is 0.872 bits per heavy atom. The molecule has 0 aliphatic heterocycles. The van der Waals surface area contributed by atoms with Crippen molar-refractivity contribution in [3.8, 4) is 17.2 Å². The van der Waals surface area contributed by atoms with Crippen LogP contribution in [-0.4, -0.2) is 37.9 Å². The molecule has 3 N–H and O–H groups in total. The van der Waals surface area contributed by atoms with Crippen molar-refractivity contribution in [1.82, 2.24) is 24.7 Å². The van der Waals surface area contributed by atoms with E-state index in [2.05, 4.69) is 51.7 Å². The number of rotatable bonds is 9. The number of urea groups is 1. The van der Waals surface area contributed by atoms with Gasteiger partial charge in [0.05, 0.1) is 35.4 Å². The van der Waals surface area contributed by atoms with E-state index in [4.69, 9.17) is 26.2 Å². The molecule has 0 atom stereocenters. The molecule has 0 fully saturated rings. The van der Waals surface area contributed by atoms with Gasteiger partial charge >= 0.3 is 6.03 Å². The predicted octanol–water partition coefficient (Wildman–Crippen LogP) is 8.14. The van der Waals surface area contributed by atoms with Crippen LogP contribution in [0.5, 0.6) is 11.5 Å². The maximum Gasteiger partial charge on any atom is 0.324 e. The molecule has 3 aromatic heterocycles. The van der Waals surface area contributed by atoms with E-state index in [1.807, 2.05) is 60.7 Å². The third kappa shape index (κ3) is 7.26. The number of pyridine rings is 1. The first-order valence-electron chi connectivity index (χ1n) is 14.8.